The lowest BCUT2D eigenvalue weighted by Crippen LogP contribution is -2.24. The molecule has 4 nitrogen and oxygen atoms in total. The van der Waals surface area contributed by atoms with E-state index in [0.717, 1.165) is 9.35 Å². The number of carbonyl (C=O) groups excluding carboxylic acids is 1. The molecule has 0 radical (unpaired) electrons. The quantitative estimate of drug-likeness (QED) is 0.861. The Bertz CT molecular complexity index is 617. The van der Waals surface area contributed by atoms with E-state index < -0.39 is 11.7 Å². The number of amides is 1. The summed E-state index contributed by atoms with van der Waals surface area (Å²) in [4.78, 5) is 16.9. The van der Waals surface area contributed by atoms with Crippen LogP contribution in [0, 0.1) is 5.82 Å². The Hall–Kier alpha value is -1.47. The molecule has 2 rings (SSSR count). The summed E-state index contributed by atoms with van der Waals surface area (Å²) in [7, 11) is 0. The van der Waals surface area contributed by atoms with Gasteiger partial charge in [-0.05, 0) is 40.4 Å². The van der Waals surface area contributed by atoms with Gasteiger partial charge in [-0.25, -0.2) is 9.37 Å². The predicted molar refractivity (Wildman–Crippen MR) is 81.5 cm³/mol. The second-order valence-electron chi connectivity index (χ2n) is 3.93. The standard InChI is InChI=1S/C13H13BrFN3OS/c1-2-16-12-11(15)8(3-5-17-12)13(19)18-7-10-9(14)4-6-20-10/h3-6H,2,7H2,1H3,(H,16,17)(H,18,19). The number of halogens is 2. The third kappa shape index (κ3) is 3.34. The van der Waals surface area contributed by atoms with Gasteiger partial charge in [-0.1, -0.05) is 0 Å². The minimum Gasteiger partial charge on any atom is -0.368 e. The number of anilines is 1. The zero-order chi connectivity index (χ0) is 14.5. The zero-order valence-corrected chi connectivity index (χ0v) is 13.1. The van der Waals surface area contributed by atoms with E-state index in [1.807, 2.05) is 18.4 Å². The van der Waals surface area contributed by atoms with Crippen LogP contribution in [0.15, 0.2) is 28.2 Å². The fourth-order valence-electron chi connectivity index (χ4n) is 1.62. The van der Waals surface area contributed by atoms with Crippen LogP contribution in [0.4, 0.5) is 10.2 Å². The largest absolute Gasteiger partial charge is 0.368 e. The number of thiophene rings is 1. The first-order valence-corrected chi connectivity index (χ1v) is 7.69. The maximum Gasteiger partial charge on any atom is 0.254 e. The molecule has 20 heavy (non-hydrogen) atoms. The van der Waals surface area contributed by atoms with Crippen LogP contribution in [-0.2, 0) is 6.54 Å². The summed E-state index contributed by atoms with van der Waals surface area (Å²) < 4.78 is 15.0. The fourth-order valence-corrected chi connectivity index (χ4v) is 3.05. The lowest BCUT2D eigenvalue weighted by atomic mass is 10.2. The van der Waals surface area contributed by atoms with E-state index >= 15 is 0 Å². The van der Waals surface area contributed by atoms with E-state index in [4.69, 9.17) is 0 Å². The van der Waals surface area contributed by atoms with Gasteiger partial charge >= 0.3 is 0 Å². The van der Waals surface area contributed by atoms with Crippen LogP contribution in [-0.4, -0.2) is 17.4 Å². The van der Waals surface area contributed by atoms with Gasteiger partial charge < -0.3 is 10.6 Å². The molecular weight excluding hydrogens is 345 g/mol. The molecule has 0 fully saturated rings. The average Bonchev–Trinajstić information content (AvgIpc) is 2.84. The van der Waals surface area contributed by atoms with Crippen LogP contribution < -0.4 is 10.6 Å². The van der Waals surface area contributed by atoms with Crippen molar-refractivity contribution in [1.82, 2.24) is 10.3 Å². The van der Waals surface area contributed by atoms with Crippen molar-refractivity contribution in [2.24, 2.45) is 0 Å². The molecule has 1 amide bonds. The van der Waals surface area contributed by atoms with Crippen LogP contribution in [0.3, 0.4) is 0 Å². The smallest absolute Gasteiger partial charge is 0.254 e. The summed E-state index contributed by atoms with van der Waals surface area (Å²) in [6.07, 6.45) is 1.41. The molecule has 0 spiro atoms. The highest BCUT2D eigenvalue weighted by Crippen LogP contribution is 2.22. The molecule has 0 aliphatic carbocycles. The van der Waals surface area contributed by atoms with Gasteiger partial charge in [-0.3, -0.25) is 4.79 Å². The lowest BCUT2D eigenvalue weighted by molar-refractivity contribution is 0.0947. The zero-order valence-electron chi connectivity index (χ0n) is 10.7. The number of pyridine rings is 1. The molecule has 2 aromatic rings. The van der Waals surface area contributed by atoms with Crippen LogP contribution in [0.5, 0.6) is 0 Å². The molecule has 2 heterocycles. The lowest BCUT2D eigenvalue weighted by Gasteiger charge is -2.08. The van der Waals surface area contributed by atoms with Crippen molar-refractivity contribution in [2.45, 2.75) is 13.5 Å². The second kappa shape index (κ2) is 6.81. The van der Waals surface area contributed by atoms with E-state index in [9.17, 15) is 9.18 Å². The normalized spacial score (nSPS) is 10.3. The number of carbonyl (C=O) groups is 1. The molecule has 0 atom stereocenters. The maximum absolute atomic E-state index is 14.1. The van der Waals surface area contributed by atoms with Gasteiger partial charge in [-0.15, -0.1) is 11.3 Å². The summed E-state index contributed by atoms with van der Waals surface area (Å²) in [6.45, 7) is 2.73. The van der Waals surface area contributed by atoms with Crippen molar-refractivity contribution in [3.05, 3.63) is 44.4 Å². The molecule has 0 saturated carbocycles. The molecule has 106 valence electrons. The molecule has 2 aromatic heterocycles. The van der Waals surface area contributed by atoms with Crippen molar-refractivity contribution in [3.8, 4) is 0 Å². The summed E-state index contributed by atoms with van der Waals surface area (Å²) in [5.41, 5.74) is -0.0105. The van der Waals surface area contributed by atoms with E-state index in [1.165, 1.54) is 23.6 Å². The number of rotatable bonds is 5. The number of aromatic nitrogens is 1. The van der Waals surface area contributed by atoms with Gasteiger partial charge in [0.1, 0.15) is 0 Å². The summed E-state index contributed by atoms with van der Waals surface area (Å²) in [5, 5.41) is 7.40. The number of nitrogens with zero attached hydrogens (tertiary/aromatic N) is 1. The summed E-state index contributed by atoms with van der Waals surface area (Å²) >= 11 is 4.91. The minimum absolute atomic E-state index is 0.0105. The topological polar surface area (TPSA) is 54.0 Å². The molecule has 0 bridgehead atoms. The van der Waals surface area contributed by atoms with Crippen molar-refractivity contribution in [1.29, 1.82) is 0 Å². The van der Waals surface area contributed by atoms with E-state index in [1.54, 1.807) is 0 Å². The molecule has 0 saturated heterocycles. The van der Waals surface area contributed by atoms with Gasteiger partial charge in [0.25, 0.3) is 5.91 Å². The van der Waals surface area contributed by atoms with E-state index in [0.29, 0.717) is 13.1 Å². The van der Waals surface area contributed by atoms with Gasteiger partial charge in [0, 0.05) is 22.1 Å². The van der Waals surface area contributed by atoms with E-state index in [-0.39, 0.29) is 11.4 Å². The second-order valence-corrected chi connectivity index (χ2v) is 5.78. The third-order valence-electron chi connectivity index (χ3n) is 2.58. The van der Waals surface area contributed by atoms with Crippen LogP contribution in [0.2, 0.25) is 0 Å². The first-order valence-electron chi connectivity index (χ1n) is 6.02. The molecule has 0 aliphatic heterocycles. The molecule has 0 unspecified atom stereocenters. The molecule has 0 aliphatic rings. The average molecular weight is 358 g/mol. The Morgan fingerprint density at radius 3 is 2.95 bits per heavy atom. The monoisotopic (exact) mass is 357 g/mol. The van der Waals surface area contributed by atoms with Gasteiger partial charge in [-0.2, -0.15) is 0 Å². The number of hydrogen-bond acceptors (Lipinski definition) is 4. The predicted octanol–water partition coefficient (Wildman–Crippen LogP) is 3.41. The minimum atomic E-state index is -0.628. The molecule has 0 aromatic carbocycles. The van der Waals surface area contributed by atoms with Crippen molar-refractivity contribution in [3.63, 3.8) is 0 Å². The fraction of sp³-hybridized carbons (Fsp3) is 0.231. The third-order valence-corrected chi connectivity index (χ3v) is 4.50. The highest BCUT2D eigenvalue weighted by atomic mass is 79.9. The number of nitrogens with one attached hydrogen (secondary N) is 2. The Morgan fingerprint density at radius 2 is 2.30 bits per heavy atom. The first kappa shape index (κ1) is 14.9. The van der Waals surface area contributed by atoms with Crippen molar-refractivity contribution in [2.75, 3.05) is 11.9 Å². The first-order chi connectivity index (χ1) is 9.63. The van der Waals surface area contributed by atoms with Crippen molar-refractivity contribution >= 4 is 39.0 Å². The highest BCUT2D eigenvalue weighted by molar-refractivity contribution is 9.10. The SMILES string of the molecule is CCNc1nccc(C(=O)NCc2sccc2Br)c1F. The van der Waals surface area contributed by atoms with Crippen molar-refractivity contribution < 1.29 is 9.18 Å². The Balaban J connectivity index is 2.09. The summed E-state index contributed by atoms with van der Waals surface area (Å²) in [5.74, 6) is -0.987. The van der Waals surface area contributed by atoms with Gasteiger partial charge in [0.2, 0.25) is 0 Å². The number of hydrogen-bond donors (Lipinski definition) is 2. The van der Waals surface area contributed by atoms with E-state index in [2.05, 4.69) is 31.5 Å². The molecule has 7 heteroatoms. The van der Waals surface area contributed by atoms with Crippen LogP contribution in [0.1, 0.15) is 22.2 Å². The summed E-state index contributed by atoms with van der Waals surface area (Å²) in [6, 6.07) is 3.28. The maximum atomic E-state index is 14.1. The Kier molecular flexibility index (Phi) is 5.08. The molecular formula is C13H13BrFN3OS. The van der Waals surface area contributed by atoms with Gasteiger partial charge in [0.15, 0.2) is 11.6 Å². The van der Waals surface area contributed by atoms with Gasteiger partial charge in [0.05, 0.1) is 12.1 Å². The highest BCUT2D eigenvalue weighted by Gasteiger charge is 2.16. The van der Waals surface area contributed by atoms with Crippen LogP contribution in [0.25, 0.3) is 0 Å². The molecule has 2 N–H and O–H groups in total. The Labute approximate surface area is 128 Å². The van der Waals surface area contributed by atoms with Crippen LogP contribution >= 0.6 is 27.3 Å². The Morgan fingerprint density at radius 1 is 1.50 bits per heavy atom.